The SMILES string of the molecule is NC(=O)c1cnc(Cl)nc1NCCOCCNC(=O)O. The van der Waals surface area contributed by atoms with Crippen LogP contribution in [0.1, 0.15) is 10.4 Å². The summed E-state index contributed by atoms with van der Waals surface area (Å²) in [6.45, 7) is 1.07. The maximum absolute atomic E-state index is 11.1. The summed E-state index contributed by atoms with van der Waals surface area (Å²) in [5.74, 6) is -0.444. The van der Waals surface area contributed by atoms with Crippen molar-refractivity contribution in [2.75, 3.05) is 31.6 Å². The number of nitrogens with two attached hydrogens (primary N) is 1. The highest BCUT2D eigenvalue weighted by Crippen LogP contribution is 2.12. The van der Waals surface area contributed by atoms with Crippen LogP contribution in [0.5, 0.6) is 0 Å². The molecule has 1 aromatic rings. The van der Waals surface area contributed by atoms with E-state index in [9.17, 15) is 9.59 Å². The van der Waals surface area contributed by atoms with Gasteiger partial charge in [-0.15, -0.1) is 0 Å². The molecule has 0 aliphatic heterocycles. The second kappa shape index (κ2) is 8.12. The van der Waals surface area contributed by atoms with E-state index in [1.807, 2.05) is 0 Å². The number of carbonyl (C=O) groups excluding carboxylic acids is 1. The Morgan fingerprint density at radius 2 is 2.10 bits per heavy atom. The zero-order chi connectivity index (χ0) is 15.0. The molecule has 0 saturated carbocycles. The molecule has 1 rings (SSSR count). The molecule has 10 heteroatoms. The van der Waals surface area contributed by atoms with E-state index in [1.165, 1.54) is 6.20 Å². The summed E-state index contributed by atoms with van der Waals surface area (Å²) in [6.07, 6.45) is 0.130. The highest BCUT2D eigenvalue weighted by atomic mass is 35.5. The van der Waals surface area contributed by atoms with Crippen molar-refractivity contribution in [3.05, 3.63) is 17.0 Å². The van der Waals surface area contributed by atoms with Gasteiger partial charge in [-0.2, -0.15) is 4.98 Å². The topological polar surface area (TPSA) is 139 Å². The minimum atomic E-state index is -1.10. The molecule has 0 bridgehead atoms. The number of ether oxygens (including phenoxy) is 1. The van der Waals surface area contributed by atoms with E-state index in [0.717, 1.165) is 0 Å². The molecule has 0 spiro atoms. The van der Waals surface area contributed by atoms with Gasteiger partial charge in [-0.1, -0.05) is 0 Å². The summed E-state index contributed by atoms with van der Waals surface area (Å²) in [5, 5.41) is 13.3. The van der Waals surface area contributed by atoms with Gasteiger partial charge in [-0.05, 0) is 11.6 Å². The van der Waals surface area contributed by atoms with Crippen LogP contribution in [-0.2, 0) is 4.74 Å². The normalized spacial score (nSPS) is 10.1. The van der Waals surface area contributed by atoms with Gasteiger partial charge in [0.1, 0.15) is 5.82 Å². The van der Waals surface area contributed by atoms with E-state index >= 15 is 0 Å². The van der Waals surface area contributed by atoms with Gasteiger partial charge in [0.15, 0.2) is 0 Å². The Bertz CT molecular complexity index is 485. The smallest absolute Gasteiger partial charge is 0.404 e. The largest absolute Gasteiger partial charge is 0.465 e. The van der Waals surface area contributed by atoms with E-state index < -0.39 is 12.0 Å². The predicted octanol–water partition coefficient (Wildman–Crippen LogP) is -0.0750. The van der Waals surface area contributed by atoms with Crippen LogP contribution < -0.4 is 16.4 Å². The number of hydrogen-bond acceptors (Lipinski definition) is 6. The Balaban J connectivity index is 2.33. The molecule has 9 nitrogen and oxygen atoms in total. The fourth-order valence-electron chi connectivity index (χ4n) is 1.25. The fraction of sp³-hybridized carbons (Fsp3) is 0.400. The van der Waals surface area contributed by atoms with E-state index in [4.69, 9.17) is 27.2 Å². The monoisotopic (exact) mass is 303 g/mol. The van der Waals surface area contributed by atoms with Gasteiger partial charge in [0, 0.05) is 19.3 Å². The summed E-state index contributed by atoms with van der Waals surface area (Å²) in [7, 11) is 0. The van der Waals surface area contributed by atoms with Crippen LogP contribution in [0.25, 0.3) is 0 Å². The lowest BCUT2D eigenvalue weighted by Gasteiger charge is -2.09. The van der Waals surface area contributed by atoms with Gasteiger partial charge in [0.05, 0.1) is 18.8 Å². The molecule has 0 aliphatic rings. The minimum Gasteiger partial charge on any atom is -0.465 e. The number of hydrogen-bond donors (Lipinski definition) is 4. The first-order chi connectivity index (χ1) is 9.50. The zero-order valence-corrected chi connectivity index (χ0v) is 11.2. The number of rotatable bonds is 8. The third-order valence-corrected chi connectivity index (χ3v) is 2.27. The molecule has 0 unspecified atom stereocenters. The summed E-state index contributed by atoms with van der Waals surface area (Å²) in [5.41, 5.74) is 5.29. The molecule has 0 atom stereocenters. The number of carbonyl (C=O) groups is 2. The van der Waals surface area contributed by atoms with E-state index in [0.29, 0.717) is 13.2 Å². The Morgan fingerprint density at radius 1 is 1.40 bits per heavy atom. The summed E-state index contributed by atoms with van der Waals surface area (Å²) >= 11 is 5.62. The molecular weight excluding hydrogens is 290 g/mol. The number of amides is 2. The van der Waals surface area contributed by atoms with Crippen molar-refractivity contribution in [2.24, 2.45) is 5.73 Å². The highest BCUT2D eigenvalue weighted by molar-refractivity contribution is 6.28. The quantitative estimate of drug-likeness (QED) is 0.389. The van der Waals surface area contributed by atoms with Gasteiger partial charge < -0.3 is 26.2 Å². The first kappa shape index (κ1) is 15.9. The van der Waals surface area contributed by atoms with Gasteiger partial charge in [-0.25, -0.2) is 9.78 Å². The Kier molecular flexibility index (Phi) is 6.47. The summed E-state index contributed by atoms with van der Waals surface area (Å²) in [4.78, 5) is 28.8. The van der Waals surface area contributed by atoms with E-state index in [1.54, 1.807) is 0 Å². The van der Waals surface area contributed by atoms with Crippen LogP contribution in [0.15, 0.2) is 6.20 Å². The standard InChI is InChI=1S/C10H14ClN5O4/c11-9-15-5-6(7(12)17)8(16-9)13-1-3-20-4-2-14-10(18)19/h5,14H,1-4H2,(H2,12,17)(H,18,19)(H,13,15,16). The maximum Gasteiger partial charge on any atom is 0.404 e. The van der Waals surface area contributed by atoms with Gasteiger partial charge >= 0.3 is 6.09 Å². The van der Waals surface area contributed by atoms with E-state index in [-0.39, 0.29) is 29.8 Å². The molecule has 0 fully saturated rings. The first-order valence-electron chi connectivity index (χ1n) is 5.61. The maximum atomic E-state index is 11.1. The molecule has 5 N–H and O–H groups in total. The molecular formula is C10H14ClN5O4. The molecule has 20 heavy (non-hydrogen) atoms. The third kappa shape index (κ3) is 5.67. The number of primary amides is 1. The van der Waals surface area contributed by atoms with Crippen LogP contribution in [0, 0.1) is 0 Å². The van der Waals surface area contributed by atoms with Crippen molar-refractivity contribution in [2.45, 2.75) is 0 Å². The molecule has 0 saturated heterocycles. The van der Waals surface area contributed by atoms with Crippen LogP contribution >= 0.6 is 11.6 Å². The lowest BCUT2D eigenvalue weighted by atomic mass is 10.3. The van der Waals surface area contributed by atoms with E-state index in [2.05, 4.69) is 20.6 Å². The van der Waals surface area contributed by atoms with Crippen molar-refractivity contribution in [1.82, 2.24) is 15.3 Å². The summed E-state index contributed by atoms with van der Waals surface area (Å²) in [6, 6.07) is 0. The van der Waals surface area contributed by atoms with Gasteiger partial charge in [0.2, 0.25) is 5.28 Å². The van der Waals surface area contributed by atoms with Crippen LogP contribution in [-0.4, -0.2) is 53.4 Å². The lowest BCUT2D eigenvalue weighted by molar-refractivity contribution is 0.1000. The van der Waals surface area contributed by atoms with Crippen molar-refractivity contribution < 1.29 is 19.4 Å². The highest BCUT2D eigenvalue weighted by Gasteiger charge is 2.10. The Labute approximate surface area is 119 Å². The van der Waals surface area contributed by atoms with Gasteiger partial charge in [0.25, 0.3) is 5.91 Å². The van der Waals surface area contributed by atoms with Crippen LogP contribution in [0.2, 0.25) is 5.28 Å². The second-order valence-corrected chi connectivity index (χ2v) is 3.87. The lowest BCUT2D eigenvalue weighted by Crippen LogP contribution is -2.26. The minimum absolute atomic E-state index is 0.0101. The van der Waals surface area contributed by atoms with Crippen LogP contribution in [0.3, 0.4) is 0 Å². The molecule has 2 amide bonds. The van der Waals surface area contributed by atoms with Crippen molar-refractivity contribution >= 4 is 29.4 Å². The number of nitrogens with zero attached hydrogens (tertiary/aromatic N) is 2. The zero-order valence-electron chi connectivity index (χ0n) is 10.4. The first-order valence-corrected chi connectivity index (χ1v) is 5.99. The molecule has 110 valence electrons. The predicted molar refractivity (Wildman–Crippen MR) is 70.9 cm³/mol. The van der Waals surface area contributed by atoms with Crippen molar-refractivity contribution in [3.8, 4) is 0 Å². The Morgan fingerprint density at radius 3 is 2.75 bits per heavy atom. The second-order valence-electron chi connectivity index (χ2n) is 3.54. The van der Waals surface area contributed by atoms with Crippen LogP contribution in [0.4, 0.5) is 10.6 Å². The molecule has 0 aromatic carbocycles. The molecule has 0 radical (unpaired) electrons. The number of aromatic nitrogens is 2. The average Bonchev–Trinajstić information content (AvgIpc) is 2.37. The van der Waals surface area contributed by atoms with Crippen molar-refractivity contribution in [1.29, 1.82) is 0 Å². The average molecular weight is 304 g/mol. The number of carboxylic acid groups (broad SMARTS) is 1. The third-order valence-electron chi connectivity index (χ3n) is 2.09. The molecule has 0 aliphatic carbocycles. The van der Waals surface area contributed by atoms with Crippen molar-refractivity contribution in [3.63, 3.8) is 0 Å². The van der Waals surface area contributed by atoms with Gasteiger partial charge in [-0.3, -0.25) is 4.79 Å². The summed E-state index contributed by atoms with van der Waals surface area (Å²) < 4.78 is 5.16. The fourth-order valence-corrected chi connectivity index (χ4v) is 1.38. The molecule has 1 aromatic heterocycles. The number of halogens is 1. The number of nitrogens with one attached hydrogen (secondary N) is 2. The molecule has 1 heterocycles. The Hall–Kier alpha value is -2.13. The number of anilines is 1.